The predicted molar refractivity (Wildman–Crippen MR) is 138 cm³/mol. The Labute approximate surface area is 206 Å². The van der Waals surface area contributed by atoms with Crippen LogP contribution in [0.25, 0.3) is 0 Å². The minimum atomic E-state index is -0.509. The Morgan fingerprint density at radius 2 is 1.97 bits per heavy atom. The second-order valence-electron chi connectivity index (χ2n) is 9.59. The fraction of sp³-hybridized carbons (Fsp3) is 0.607. The molecule has 3 rings (SSSR count). The quantitative estimate of drug-likeness (QED) is 0.227. The molecule has 2 bridgehead atoms. The number of unbranched alkanes of at least 4 members (excludes halogenated alkanes) is 2. The highest BCUT2D eigenvalue weighted by Crippen LogP contribution is 2.44. The molecule has 2 aliphatic rings. The molecule has 1 aliphatic carbocycles. The van der Waals surface area contributed by atoms with E-state index >= 15 is 0 Å². The van der Waals surface area contributed by atoms with E-state index in [1.54, 1.807) is 0 Å². The van der Waals surface area contributed by atoms with Crippen LogP contribution in [0.5, 0.6) is 0 Å². The number of amides is 1. The van der Waals surface area contributed by atoms with Gasteiger partial charge in [0.05, 0.1) is 12.2 Å². The maximum absolute atomic E-state index is 11.6. The van der Waals surface area contributed by atoms with E-state index in [0.29, 0.717) is 25.3 Å². The molecule has 6 heteroatoms. The third kappa shape index (κ3) is 8.40. The van der Waals surface area contributed by atoms with E-state index in [9.17, 15) is 9.90 Å². The number of nitrogens with one attached hydrogen (secondary N) is 1. The molecule has 34 heavy (non-hydrogen) atoms. The van der Waals surface area contributed by atoms with Gasteiger partial charge in [0.1, 0.15) is 0 Å². The molecule has 1 amide bonds. The number of allylic oxidation sites excluding steroid dienone is 2. The fourth-order valence-corrected chi connectivity index (χ4v) is 5.11. The van der Waals surface area contributed by atoms with Gasteiger partial charge in [0.25, 0.3) is 0 Å². The zero-order valence-corrected chi connectivity index (χ0v) is 20.9. The van der Waals surface area contributed by atoms with Crippen molar-refractivity contribution in [1.29, 1.82) is 0 Å². The SMILES string of the molecule is CCCCB1OC2CC(O1)[C@H](/C=C/[C@@H](O)Cc1ccccc1)C2C/C=C\CCCC(=O)NCC. The maximum Gasteiger partial charge on any atom is 0.457 e. The van der Waals surface area contributed by atoms with Crippen LogP contribution in [0.4, 0.5) is 0 Å². The zero-order valence-electron chi connectivity index (χ0n) is 20.9. The van der Waals surface area contributed by atoms with Gasteiger partial charge in [-0.3, -0.25) is 4.79 Å². The predicted octanol–water partition coefficient (Wildman–Crippen LogP) is 5.11. The van der Waals surface area contributed by atoms with Crippen LogP contribution >= 0.6 is 0 Å². The number of aliphatic hydroxyl groups is 1. The molecule has 5 atom stereocenters. The smallest absolute Gasteiger partial charge is 0.408 e. The van der Waals surface area contributed by atoms with E-state index in [4.69, 9.17) is 9.31 Å². The zero-order chi connectivity index (χ0) is 24.2. The highest BCUT2D eigenvalue weighted by Gasteiger charge is 2.49. The molecule has 5 nitrogen and oxygen atoms in total. The Hall–Kier alpha value is -1.89. The van der Waals surface area contributed by atoms with Crippen LogP contribution in [0, 0.1) is 11.8 Å². The summed E-state index contributed by atoms with van der Waals surface area (Å²) in [7, 11) is -0.111. The lowest BCUT2D eigenvalue weighted by molar-refractivity contribution is -0.121. The molecule has 1 aromatic carbocycles. The maximum atomic E-state index is 11.6. The normalized spacial score (nSPS) is 25.3. The first-order chi connectivity index (χ1) is 16.6. The van der Waals surface area contributed by atoms with Gasteiger partial charge in [-0.25, -0.2) is 0 Å². The van der Waals surface area contributed by atoms with Gasteiger partial charge in [0.15, 0.2) is 0 Å². The van der Waals surface area contributed by atoms with E-state index < -0.39 is 6.10 Å². The summed E-state index contributed by atoms with van der Waals surface area (Å²) in [5.74, 6) is 0.710. The van der Waals surface area contributed by atoms with Crippen LogP contribution in [-0.4, -0.2) is 43.0 Å². The van der Waals surface area contributed by atoms with E-state index in [0.717, 1.165) is 50.4 Å². The first-order valence-corrected chi connectivity index (χ1v) is 13.2. The standard InChI is InChI=1S/C28H42BNO4/c1-3-5-19-29-33-26-21-27(34-29)25(18-17-23(31)20-22-13-9-8-10-14-22)24(26)15-11-6-7-12-16-28(32)30-4-2/h6,8-11,13-14,17-18,23-27,31H,3-5,7,12,15-16,19-21H2,1-2H3,(H,30,32)/b11-6-,18-17+/t23-,24?,25-,26?,27?/m1/s1. The Balaban J connectivity index is 1.57. The molecule has 1 heterocycles. The molecule has 1 saturated heterocycles. The van der Waals surface area contributed by atoms with E-state index in [2.05, 4.69) is 30.5 Å². The van der Waals surface area contributed by atoms with Gasteiger partial charge in [0.2, 0.25) is 5.91 Å². The van der Waals surface area contributed by atoms with Crippen LogP contribution in [0.1, 0.15) is 64.4 Å². The number of carbonyl (C=O) groups excluding carboxylic acids is 1. The van der Waals surface area contributed by atoms with E-state index in [1.807, 2.05) is 43.3 Å². The van der Waals surface area contributed by atoms with Crippen molar-refractivity contribution in [3.05, 3.63) is 60.2 Å². The number of hydrogen-bond donors (Lipinski definition) is 2. The summed E-state index contributed by atoms with van der Waals surface area (Å²) in [5, 5.41) is 13.5. The molecule has 0 spiro atoms. The van der Waals surface area contributed by atoms with Gasteiger partial charge < -0.3 is 19.7 Å². The molecule has 3 unspecified atom stereocenters. The topological polar surface area (TPSA) is 67.8 Å². The molecule has 2 fully saturated rings. The number of benzene rings is 1. The van der Waals surface area contributed by atoms with Gasteiger partial charge in [0, 0.05) is 31.4 Å². The van der Waals surface area contributed by atoms with Gasteiger partial charge >= 0.3 is 7.12 Å². The van der Waals surface area contributed by atoms with Crippen LogP contribution in [-0.2, 0) is 20.5 Å². The summed E-state index contributed by atoms with van der Waals surface area (Å²) in [4.78, 5) is 11.6. The summed E-state index contributed by atoms with van der Waals surface area (Å²) < 4.78 is 12.7. The average Bonchev–Trinajstić information content (AvgIpc) is 3.07. The third-order valence-corrected chi connectivity index (χ3v) is 6.88. The number of fused-ring (bicyclic) bond motifs is 2. The van der Waals surface area contributed by atoms with Crippen molar-refractivity contribution in [3.8, 4) is 0 Å². The fourth-order valence-electron chi connectivity index (χ4n) is 5.11. The van der Waals surface area contributed by atoms with Gasteiger partial charge in [-0.2, -0.15) is 0 Å². The molecule has 186 valence electrons. The number of rotatable bonds is 14. The Kier molecular flexibility index (Phi) is 11.4. The molecule has 1 aliphatic heterocycles. The lowest BCUT2D eigenvalue weighted by atomic mass is 9.80. The van der Waals surface area contributed by atoms with Crippen molar-refractivity contribution in [2.45, 2.75) is 89.8 Å². The lowest BCUT2D eigenvalue weighted by Gasteiger charge is -2.27. The summed E-state index contributed by atoms with van der Waals surface area (Å²) in [6.07, 6.45) is 16.4. The van der Waals surface area contributed by atoms with E-state index in [-0.39, 0.29) is 31.2 Å². The van der Waals surface area contributed by atoms with Crippen LogP contribution in [0.3, 0.4) is 0 Å². The Morgan fingerprint density at radius 1 is 1.18 bits per heavy atom. The van der Waals surface area contributed by atoms with Gasteiger partial charge in [-0.05, 0) is 50.4 Å². The Bertz CT molecular complexity index is 784. The van der Waals surface area contributed by atoms with Crippen molar-refractivity contribution in [2.75, 3.05) is 6.54 Å². The first-order valence-electron chi connectivity index (χ1n) is 13.2. The lowest BCUT2D eigenvalue weighted by Crippen LogP contribution is -2.37. The second-order valence-corrected chi connectivity index (χ2v) is 9.59. The summed E-state index contributed by atoms with van der Waals surface area (Å²) in [5.41, 5.74) is 1.14. The van der Waals surface area contributed by atoms with Crippen molar-refractivity contribution < 1.29 is 19.2 Å². The number of hydrogen-bond acceptors (Lipinski definition) is 4. The van der Waals surface area contributed by atoms with E-state index in [1.165, 1.54) is 0 Å². The Morgan fingerprint density at radius 3 is 2.74 bits per heavy atom. The van der Waals surface area contributed by atoms with Gasteiger partial charge in [-0.1, -0.05) is 74.4 Å². The molecule has 2 N–H and O–H groups in total. The molecule has 1 saturated carbocycles. The first kappa shape index (κ1) is 26.7. The molecule has 1 aromatic rings. The minimum absolute atomic E-state index is 0.111. The monoisotopic (exact) mass is 467 g/mol. The molecular formula is C28H42BNO4. The largest absolute Gasteiger partial charge is 0.457 e. The minimum Gasteiger partial charge on any atom is -0.408 e. The summed E-state index contributed by atoms with van der Waals surface area (Å²) >= 11 is 0. The summed E-state index contributed by atoms with van der Waals surface area (Å²) in [6.45, 7) is 4.82. The molecule has 0 radical (unpaired) electrons. The summed E-state index contributed by atoms with van der Waals surface area (Å²) in [6, 6.07) is 10.1. The highest BCUT2D eigenvalue weighted by atomic mass is 16.6. The molecule has 0 aromatic heterocycles. The van der Waals surface area contributed by atoms with Crippen LogP contribution < -0.4 is 5.32 Å². The highest BCUT2D eigenvalue weighted by molar-refractivity contribution is 6.44. The third-order valence-electron chi connectivity index (χ3n) is 6.88. The van der Waals surface area contributed by atoms with Crippen molar-refractivity contribution in [1.82, 2.24) is 5.32 Å². The molecular weight excluding hydrogens is 425 g/mol. The number of carbonyl (C=O) groups is 1. The van der Waals surface area contributed by atoms with Crippen LogP contribution in [0.15, 0.2) is 54.6 Å². The van der Waals surface area contributed by atoms with Crippen molar-refractivity contribution >= 4 is 13.0 Å². The van der Waals surface area contributed by atoms with Gasteiger partial charge in [-0.15, -0.1) is 0 Å². The van der Waals surface area contributed by atoms with Crippen LogP contribution in [0.2, 0.25) is 6.32 Å². The van der Waals surface area contributed by atoms with Crippen molar-refractivity contribution in [3.63, 3.8) is 0 Å². The number of aliphatic hydroxyl groups excluding tert-OH is 1. The van der Waals surface area contributed by atoms with Crippen molar-refractivity contribution in [2.24, 2.45) is 11.8 Å². The average molecular weight is 467 g/mol. The second kappa shape index (κ2) is 14.5.